The molecule has 0 aliphatic heterocycles. The van der Waals surface area contributed by atoms with Crippen molar-refractivity contribution in [2.24, 2.45) is 0 Å². The molecule has 0 spiro atoms. The number of hydrogen-bond donors (Lipinski definition) is 1. The standard InChI is InChI=1S/C14H11ClN2O/c1-9-6-12(4-2-10(9)8-16)18-14-7-11(17)3-5-13(14)15/h2-7H,17H2,1H3. The SMILES string of the molecule is Cc1cc(Oc2cc(N)ccc2Cl)ccc1C#N. The molecule has 0 heterocycles. The summed E-state index contributed by atoms with van der Waals surface area (Å²) in [6, 6.07) is 12.4. The van der Waals surface area contributed by atoms with Crippen LogP contribution >= 0.6 is 11.6 Å². The number of nitrogen functional groups attached to an aromatic ring is 1. The lowest BCUT2D eigenvalue weighted by Crippen LogP contribution is -1.90. The van der Waals surface area contributed by atoms with Gasteiger partial charge in [-0.15, -0.1) is 0 Å². The van der Waals surface area contributed by atoms with Crippen LogP contribution in [0.3, 0.4) is 0 Å². The van der Waals surface area contributed by atoms with Crippen molar-refractivity contribution in [3.8, 4) is 17.6 Å². The maximum absolute atomic E-state index is 8.85. The third-order valence-corrected chi connectivity index (χ3v) is 2.81. The lowest BCUT2D eigenvalue weighted by molar-refractivity contribution is 0.483. The highest BCUT2D eigenvalue weighted by Crippen LogP contribution is 2.31. The molecule has 0 atom stereocenters. The van der Waals surface area contributed by atoms with E-state index in [0.717, 1.165) is 5.56 Å². The summed E-state index contributed by atoms with van der Waals surface area (Å²) in [6.45, 7) is 1.85. The molecule has 18 heavy (non-hydrogen) atoms. The molecule has 0 saturated carbocycles. The third kappa shape index (κ3) is 2.55. The predicted molar refractivity (Wildman–Crippen MR) is 71.8 cm³/mol. The van der Waals surface area contributed by atoms with Crippen LogP contribution in [-0.2, 0) is 0 Å². The third-order valence-electron chi connectivity index (χ3n) is 2.50. The summed E-state index contributed by atoms with van der Waals surface area (Å²) in [7, 11) is 0. The largest absolute Gasteiger partial charge is 0.456 e. The fraction of sp³-hybridized carbons (Fsp3) is 0.0714. The Labute approximate surface area is 110 Å². The van der Waals surface area contributed by atoms with Crippen LogP contribution in [0.5, 0.6) is 11.5 Å². The topological polar surface area (TPSA) is 59.0 Å². The van der Waals surface area contributed by atoms with E-state index < -0.39 is 0 Å². The molecule has 0 saturated heterocycles. The molecule has 0 amide bonds. The Hall–Kier alpha value is -2.18. The summed E-state index contributed by atoms with van der Waals surface area (Å²) >= 11 is 6.01. The number of hydrogen-bond acceptors (Lipinski definition) is 3. The van der Waals surface area contributed by atoms with Crippen LogP contribution in [0.15, 0.2) is 36.4 Å². The summed E-state index contributed by atoms with van der Waals surface area (Å²) in [5.41, 5.74) is 7.74. The summed E-state index contributed by atoms with van der Waals surface area (Å²) in [6.07, 6.45) is 0. The van der Waals surface area contributed by atoms with Crippen LogP contribution < -0.4 is 10.5 Å². The minimum absolute atomic E-state index is 0.492. The van der Waals surface area contributed by atoms with Gasteiger partial charge in [0.05, 0.1) is 16.7 Å². The molecule has 3 nitrogen and oxygen atoms in total. The van der Waals surface area contributed by atoms with Crippen molar-refractivity contribution in [1.82, 2.24) is 0 Å². The van der Waals surface area contributed by atoms with Gasteiger partial charge in [0.2, 0.25) is 0 Å². The van der Waals surface area contributed by atoms with E-state index in [9.17, 15) is 0 Å². The average molecular weight is 259 g/mol. The maximum atomic E-state index is 8.85. The van der Waals surface area contributed by atoms with Crippen molar-refractivity contribution in [3.05, 3.63) is 52.5 Å². The van der Waals surface area contributed by atoms with Gasteiger partial charge >= 0.3 is 0 Å². The lowest BCUT2D eigenvalue weighted by atomic mass is 10.1. The number of nitrogens with zero attached hydrogens (tertiary/aromatic N) is 1. The van der Waals surface area contributed by atoms with Crippen molar-refractivity contribution < 1.29 is 4.74 Å². The van der Waals surface area contributed by atoms with Gasteiger partial charge < -0.3 is 10.5 Å². The molecule has 0 aromatic heterocycles. The monoisotopic (exact) mass is 258 g/mol. The Morgan fingerprint density at radius 3 is 2.67 bits per heavy atom. The second kappa shape index (κ2) is 4.99. The zero-order valence-corrected chi connectivity index (χ0v) is 10.5. The first kappa shape index (κ1) is 12.3. The molecule has 0 unspecified atom stereocenters. The molecule has 2 rings (SSSR count). The summed E-state index contributed by atoms with van der Waals surface area (Å²) in [4.78, 5) is 0. The van der Waals surface area contributed by atoms with Crippen LogP contribution in [0, 0.1) is 18.3 Å². The minimum Gasteiger partial charge on any atom is -0.456 e. The molecule has 0 radical (unpaired) electrons. The fourth-order valence-corrected chi connectivity index (χ4v) is 1.71. The molecule has 2 aromatic rings. The van der Waals surface area contributed by atoms with Gasteiger partial charge in [0.15, 0.2) is 0 Å². The first-order chi connectivity index (χ1) is 8.60. The number of aryl methyl sites for hydroxylation is 1. The molecular weight excluding hydrogens is 248 g/mol. The Kier molecular flexibility index (Phi) is 3.40. The smallest absolute Gasteiger partial charge is 0.148 e. The number of nitrogens with two attached hydrogens (primary N) is 1. The van der Waals surface area contributed by atoms with Crippen molar-refractivity contribution in [2.75, 3.05) is 5.73 Å². The average Bonchev–Trinajstić information content (AvgIpc) is 2.34. The molecule has 0 bridgehead atoms. The van der Waals surface area contributed by atoms with Gasteiger partial charge in [-0.3, -0.25) is 0 Å². The van der Waals surface area contributed by atoms with Crippen LogP contribution in [0.1, 0.15) is 11.1 Å². The number of anilines is 1. The highest BCUT2D eigenvalue weighted by molar-refractivity contribution is 6.32. The van der Waals surface area contributed by atoms with Crippen LogP contribution in [0.25, 0.3) is 0 Å². The Balaban J connectivity index is 2.32. The van der Waals surface area contributed by atoms with E-state index in [2.05, 4.69) is 6.07 Å². The van der Waals surface area contributed by atoms with Gasteiger partial charge in [0.1, 0.15) is 11.5 Å². The van der Waals surface area contributed by atoms with Crippen molar-refractivity contribution >= 4 is 17.3 Å². The number of benzene rings is 2. The maximum Gasteiger partial charge on any atom is 0.148 e. The van der Waals surface area contributed by atoms with Crippen LogP contribution in [0.2, 0.25) is 5.02 Å². The molecular formula is C14H11ClN2O. The van der Waals surface area contributed by atoms with E-state index >= 15 is 0 Å². The van der Waals surface area contributed by atoms with E-state index in [4.69, 9.17) is 27.3 Å². The molecule has 0 aliphatic rings. The second-order valence-corrected chi connectivity index (χ2v) is 4.29. The van der Waals surface area contributed by atoms with Crippen LogP contribution in [-0.4, -0.2) is 0 Å². The number of rotatable bonds is 2. The number of ether oxygens (including phenoxy) is 1. The molecule has 90 valence electrons. The minimum atomic E-state index is 0.492. The van der Waals surface area contributed by atoms with Gasteiger partial charge in [-0.1, -0.05) is 11.6 Å². The molecule has 0 aliphatic carbocycles. The first-order valence-corrected chi connectivity index (χ1v) is 5.71. The van der Waals surface area contributed by atoms with E-state index in [1.54, 1.807) is 36.4 Å². The van der Waals surface area contributed by atoms with Crippen molar-refractivity contribution in [1.29, 1.82) is 5.26 Å². The highest BCUT2D eigenvalue weighted by Gasteiger charge is 2.05. The quantitative estimate of drug-likeness (QED) is 0.831. The van der Waals surface area contributed by atoms with Gasteiger partial charge in [0.25, 0.3) is 0 Å². The van der Waals surface area contributed by atoms with Crippen molar-refractivity contribution in [3.63, 3.8) is 0 Å². The fourth-order valence-electron chi connectivity index (χ4n) is 1.55. The summed E-state index contributed by atoms with van der Waals surface area (Å²) in [5.74, 6) is 1.12. The van der Waals surface area contributed by atoms with E-state index in [-0.39, 0.29) is 0 Å². The summed E-state index contributed by atoms with van der Waals surface area (Å²) in [5, 5.41) is 9.34. The van der Waals surface area contributed by atoms with Gasteiger partial charge in [0, 0.05) is 11.8 Å². The first-order valence-electron chi connectivity index (χ1n) is 5.34. The number of halogens is 1. The Morgan fingerprint density at radius 1 is 1.22 bits per heavy atom. The predicted octanol–water partition coefficient (Wildman–Crippen LogP) is 3.89. The number of nitriles is 1. The van der Waals surface area contributed by atoms with E-state index in [1.807, 2.05) is 6.92 Å². The molecule has 0 fully saturated rings. The molecule has 2 aromatic carbocycles. The van der Waals surface area contributed by atoms with Gasteiger partial charge in [-0.2, -0.15) is 5.26 Å². The molecule has 4 heteroatoms. The zero-order valence-electron chi connectivity index (χ0n) is 9.77. The second-order valence-electron chi connectivity index (χ2n) is 3.88. The Bertz CT molecular complexity index is 632. The highest BCUT2D eigenvalue weighted by atomic mass is 35.5. The van der Waals surface area contributed by atoms with E-state index in [1.165, 1.54) is 0 Å². The van der Waals surface area contributed by atoms with Crippen LogP contribution in [0.4, 0.5) is 5.69 Å². The molecule has 2 N–H and O–H groups in total. The van der Waals surface area contributed by atoms with Gasteiger partial charge in [-0.25, -0.2) is 0 Å². The zero-order chi connectivity index (χ0) is 13.1. The summed E-state index contributed by atoms with van der Waals surface area (Å²) < 4.78 is 5.65. The Morgan fingerprint density at radius 2 is 2.00 bits per heavy atom. The lowest BCUT2D eigenvalue weighted by Gasteiger charge is -2.09. The van der Waals surface area contributed by atoms with E-state index in [0.29, 0.717) is 27.8 Å². The van der Waals surface area contributed by atoms with Gasteiger partial charge in [-0.05, 0) is 42.8 Å². The normalized spacial score (nSPS) is 9.83. The van der Waals surface area contributed by atoms with Crippen molar-refractivity contribution in [2.45, 2.75) is 6.92 Å².